The minimum absolute atomic E-state index is 0.0994. The number of thiazole rings is 1. The van der Waals surface area contributed by atoms with Gasteiger partial charge in [0.1, 0.15) is 4.88 Å². The summed E-state index contributed by atoms with van der Waals surface area (Å²) in [7, 11) is 0. The van der Waals surface area contributed by atoms with Crippen molar-refractivity contribution in [2.75, 3.05) is 5.32 Å². The van der Waals surface area contributed by atoms with Crippen LogP contribution in [0.2, 0.25) is 0 Å². The first kappa shape index (κ1) is 13.2. The molecule has 94 valence electrons. The highest BCUT2D eigenvalue weighted by molar-refractivity contribution is 9.10. The number of aryl methyl sites for hydroxylation is 2. The number of rotatable bonds is 3. The largest absolute Gasteiger partial charge is 0.321 e. The Hall–Kier alpha value is -1.20. The summed E-state index contributed by atoms with van der Waals surface area (Å²) in [5, 5.41) is 3.88. The number of carbonyl (C=O) groups excluding carboxylic acids is 1. The Balaban J connectivity index is 2.16. The van der Waals surface area contributed by atoms with E-state index in [1.54, 1.807) is 6.20 Å². The van der Waals surface area contributed by atoms with Crippen LogP contribution in [-0.4, -0.2) is 10.9 Å². The van der Waals surface area contributed by atoms with Gasteiger partial charge in [-0.25, -0.2) is 4.98 Å². The molecule has 0 unspecified atom stereocenters. The quantitative estimate of drug-likeness (QED) is 0.926. The van der Waals surface area contributed by atoms with Crippen LogP contribution in [0.25, 0.3) is 0 Å². The summed E-state index contributed by atoms with van der Waals surface area (Å²) in [6.07, 6.45) is 2.49. The molecule has 0 atom stereocenters. The molecule has 18 heavy (non-hydrogen) atoms. The molecule has 0 spiro atoms. The molecule has 1 N–H and O–H groups in total. The van der Waals surface area contributed by atoms with Crippen molar-refractivity contribution in [3.05, 3.63) is 44.3 Å². The van der Waals surface area contributed by atoms with E-state index in [2.05, 4.69) is 26.2 Å². The molecule has 0 bridgehead atoms. The van der Waals surface area contributed by atoms with Crippen molar-refractivity contribution in [2.45, 2.75) is 20.3 Å². The van der Waals surface area contributed by atoms with E-state index >= 15 is 0 Å². The summed E-state index contributed by atoms with van der Waals surface area (Å²) in [6.45, 7) is 3.99. The molecule has 2 rings (SSSR count). The Bertz CT molecular complexity index is 580. The highest BCUT2D eigenvalue weighted by Crippen LogP contribution is 2.21. The number of hydrogen-bond acceptors (Lipinski definition) is 3. The third kappa shape index (κ3) is 2.97. The van der Waals surface area contributed by atoms with Crippen LogP contribution in [0, 0.1) is 6.92 Å². The molecule has 3 nitrogen and oxygen atoms in total. The van der Waals surface area contributed by atoms with Crippen LogP contribution < -0.4 is 5.32 Å². The fourth-order valence-electron chi connectivity index (χ4n) is 1.53. The number of aromatic nitrogens is 1. The first-order valence-corrected chi connectivity index (χ1v) is 7.23. The lowest BCUT2D eigenvalue weighted by Gasteiger charge is -2.07. The number of hydrogen-bond donors (Lipinski definition) is 1. The molecule has 0 aliphatic carbocycles. The molecule has 5 heteroatoms. The first-order valence-electron chi connectivity index (χ1n) is 5.62. The maximum absolute atomic E-state index is 12.0. The summed E-state index contributed by atoms with van der Waals surface area (Å²) in [4.78, 5) is 16.9. The van der Waals surface area contributed by atoms with Crippen LogP contribution in [0.5, 0.6) is 0 Å². The lowest BCUT2D eigenvalue weighted by molar-refractivity contribution is 0.103. The number of halogens is 1. The van der Waals surface area contributed by atoms with Gasteiger partial charge in [0.05, 0.1) is 11.2 Å². The maximum atomic E-state index is 12.0. The minimum atomic E-state index is -0.0994. The molecule has 0 saturated carbocycles. The summed E-state index contributed by atoms with van der Waals surface area (Å²) < 4.78 is 1.00. The van der Waals surface area contributed by atoms with Gasteiger partial charge in [-0.1, -0.05) is 22.9 Å². The van der Waals surface area contributed by atoms with E-state index in [9.17, 15) is 4.79 Å². The van der Waals surface area contributed by atoms with Gasteiger partial charge in [0.15, 0.2) is 0 Å². The summed E-state index contributed by atoms with van der Waals surface area (Å²) in [5.41, 5.74) is 1.85. The Morgan fingerprint density at radius 3 is 2.89 bits per heavy atom. The van der Waals surface area contributed by atoms with Crippen molar-refractivity contribution < 1.29 is 4.79 Å². The van der Waals surface area contributed by atoms with E-state index < -0.39 is 0 Å². The third-order valence-electron chi connectivity index (χ3n) is 2.52. The molecular weight excluding hydrogens is 312 g/mol. The maximum Gasteiger partial charge on any atom is 0.267 e. The summed E-state index contributed by atoms with van der Waals surface area (Å²) in [5.74, 6) is -0.0994. The van der Waals surface area contributed by atoms with Crippen LogP contribution in [0.3, 0.4) is 0 Å². The molecular formula is C13H13BrN2OS. The van der Waals surface area contributed by atoms with Gasteiger partial charge < -0.3 is 5.32 Å². The first-order chi connectivity index (χ1) is 8.60. The third-order valence-corrected chi connectivity index (χ3v) is 4.15. The Kier molecular flexibility index (Phi) is 4.14. The van der Waals surface area contributed by atoms with E-state index in [0.29, 0.717) is 4.88 Å². The fraction of sp³-hybridized carbons (Fsp3) is 0.231. The number of nitrogens with one attached hydrogen (secondary N) is 1. The number of amides is 1. The highest BCUT2D eigenvalue weighted by Gasteiger charge is 2.11. The Morgan fingerprint density at radius 2 is 2.28 bits per heavy atom. The van der Waals surface area contributed by atoms with Crippen molar-refractivity contribution in [3.8, 4) is 0 Å². The molecule has 0 aliphatic rings. The van der Waals surface area contributed by atoms with Crippen LogP contribution in [-0.2, 0) is 6.42 Å². The Morgan fingerprint density at radius 1 is 1.50 bits per heavy atom. The van der Waals surface area contributed by atoms with Crippen LogP contribution in [0.15, 0.2) is 28.9 Å². The second-order valence-corrected chi connectivity index (χ2v) is 5.92. The van der Waals surface area contributed by atoms with E-state index in [1.165, 1.54) is 11.3 Å². The van der Waals surface area contributed by atoms with Gasteiger partial charge >= 0.3 is 0 Å². The topological polar surface area (TPSA) is 42.0 Å². The van der Waals surface area contributed by atoms with Crippen molar-refractivity contribution in [3.63, 3.8) is 0 Å². The fourth-order valence-corrected chi connectivity index (χ4v) is 2.76. The smallest absolute Gasteiger partial charge is 0.267 e. The number of nitrogens with zero attached hydrogens (tertiary/aromatic N) is 1. The molecule has 1 heterocycles. The number of anilines is 1. The van der Waals surface area contributed by atoms with Gasteiger partial charge in [-0.3, -0.25) is 4.79 Å². The van der Waals surface area contributed by atoms with Gasteiger partial charge in [-0.2, -0.15) is 0 Å². The van der Waals surface area contributed by atoms with Crippen LogP contribution in [0.1, 0.15) is 27.2 Å². The molecule has 0 saturated heterocycles. The second kappa shape index (κ2) is 5.63. The number of benzene rings is 1. The summed E-state index contributed by atoms with van der Waals surface area (Å²) in [6, 6.07) is 5.77. The molecule has 1 aromatic heterocycles. The summed E-state index contributed by atoms with van der Waals surface area (Å²) >= 11 is 4.84. The lowest BCUT2D eigenvalue weighted by atomic mass is 10.2. The molecule has 0 aliphatic heterocycles. The van der Waals surface area contributed by atoms with Gasteiger partial charge in [0.2, 0.25) is 0 Å². The van der Waals surface area contributed by atoms with Crippen LogP contribution in [0.4, 0.5) is 5.69 Å². The standard InChI is InChI=1S/C13H13BrN2OS/c1-3-12-15-7-11(18-12)13(17)16-10-5-4-9(14)6-8(10)2/h4-7H,3H2,1-2H3,(H,16,17). The van der Waals surface area contributed by atoms with E-state index in [0.717, 1.165) is 27.2 Å². The minimum Gasteiger partial charge on any atom is -0.321 e. The normalized spacial score (nSPS) is 10.4. The predicted molar refractivity (Wildman–Crippen MR) is 78.3 cm³/mol. The average Bonchev–Trinajstić information content (AvgIpc) is 2.81. The zero-order valence-corrected chi connectivity index (χ0v) is 12.6. The van der Waals surface area contributed by atoms with E-state index in [1.807, 2.05) is 32.0 Å². The lowest BCUT2D eigenvalue weighted by Crippen LogP contribution is -2.11. The van der Waals surface area contributed by atoms with Crippen LogP contribution >= 0.6 is 27.3 Å². The molecule has 0 radical (unpaired) electrons. The van der Waals surface area contributed by atoms with Gasteiger partial charge in [0, 0.05) is 10.2 Å². The molecule has 0 fully saturated rings. The van der Waals surface area contributed by atoms with Crippen molar-refractivity contribution in [1.82, 2.24) is 4.98 Å². The Labute approximate surface area is 118 Å². The zero-order chi connectivity index (χ0) is 13.1. The zero-order valence-electron chi connectivity index (χ0n) is 10.2. The van der Waals surface area contributed by atoms with Crippen molar-refractivity contribution in [2.24, 2.45) is 0 Å². The van der Waals surface area contributed by atoms with Gasteiger partial charge in [0.25, 0.3) is 5.91 Å². The molecule has 2 aromatic rings. The highest BCUT2D eigenvalue weighted by atomic mass is 79.9. The van der Waals surface area contributed by atoms with E-state index in [-0.39, 0.29) is 5.91 Å². The average molecular weight is 325 g/mol. The van der Waals surface area contributed by atoms with E-state index in [4.69, 9.17) is 0 Å². The van der Waals surface area contributed by atoms with Crippen molar-refractivity contribution in [1.29, 1.82) is 0 Å². The predicted octanol–water partition coefficient (Wildman–Crippen LogP) is 4.03. The molecule has 1 aromatic carbocycles. The molecule has 1 amide bonds. The number of carbonyl (C=O) groups is 1. The van der Waals surface area contributed by atoms with Crippen molar-refractivity contribution >= 4 is 38.9 Å². The van der Waals surface area contributed by atoms with Gasteiger partial charge in [-0.05, 0) is 37.1 Å². The second-order valence-electron chi connectivity index (χ2n) is 3.89. The SMILES string of the molecule is CCc1ncc(C(=O)Nc2ccc(Br)cc2C)s1. The monoisotopic (exact) mass is 324 g/mol. The van der Waals surface area contributed by atoms with Gasteiger partial charge in [-0.15, -0.1) is 11.3 Å².